The van der Waals surface area contributed by atoms with Gasteiger partial charge in [-0.15, -0.1) is 0 Å². The zero-order chi connectivity index (χ0) is 20.5. The third-order valence-electron chi connectivity index (χ3n) is 9.62. The Labute approximate surface area is 185 Å². The first-order valence-electron chi connectivity index (χ1n) is 13.2. The maximum atomic E-state index is 2.76. The van der Waals surface area contributed by atoms with Crippen LogP contribution in [-0.2, 0) is 0 Å². The summed E-state index contributed by atoms with van der Waals surface area (Å²) in [5.74, 6) is 4.00. The molecule has 0 radical (unpaired) electrons. The maximum absolute atomic E-state index is 2.76. The molecule has 2 heteroatoms. The predicted octanol–water partition coefficient (Wildman–Crippen LogP) is 6.21. The number of rotatable bonds is 4. The standard InChI is InChI=1S/C28H44N2/c1-29-17-15-23-7-3-5-9-25(23)27(29)19-21-11-13-22(14-12-21)20-28-26-10-6-4-8-24(26)16-18-30(28)2/h3,5,9,15,21-22,24,26-28H,4,6-8,10-14,16-20H2,1-2H3. The van der Waals surface area contributed by atoms with E-state index in [2.05, 4.69) is 48.2 Å². The van der Waals surface area contributed by atoms with Crippen molar-refractivity contribution in [2.45, 2.75) is 89.1 Å². The summed E-state index contributed by atoms with van der Waals surface area (Å²) in [5, 5.41) is 0. The maximum Gasteiger partial charge on any atom is 0.0353 e. The lowest BCUT2D eigenvalue weighted by atomic mass is 9.67. The molecule has 0 spiro atoms. The van der Waals surface area contributed by atoms with E-state index in [0.717, 1.165) is 42.7 Å². The first-order chi connectivity index (χ1) is 14.7. The number of hydrogen-bond donors (Lipinski definition) is 0. The number of likely N-dealkylation sites (N-methyl/N-ethyl adjacent to an activating group) is 1. The zero-order valence-electron chi connectivity index (χ0n) is 19.6. The van der Waals surface area contributed by atoms with E-state index >= 15 is 0 Å². The highest BCUT2D eigenvalue weighted by Gasteiger charge is 2.39. The molecule has 30 heavy (non-hydrogen) atoms. The van der Waals surface area contributed by atoms with Crippen molar-refractivity contribution in [1.29, 1.82) is 0 Å². The molecule has 0 aromatic carbocycles. The summed E-state index contributed by atoms with van der Waals surface area (Å²) in [6.45, 7) is 2.49. The van der Waals surface area contributed by atoms with Crippen LogP contribution in [0.15, 0.2) is 35.5 Å². The molecule has 5 rings (SSSR count). The largest absolute Gasteiger partial charge is 0.303 e. The lowest BCUT2D eigenvalue weighted by molar-refractivity contribution is 0.0218. The molecule has 0 aromatic rings. The Hall–Kier alpha value is -0.860. The van der Waals surface area contributed by atoms with Crippen molar-refractivity contribution in [3.63, 3.8) is 0 Å². The van der Waals surface area contributed by atoms with E-state index in [1.165, 1.54) is 77.2 Å². The quantitative estimate of drug-likeness (QED) is 0.545. The second kappa shape index (κ2) is 9.33. The Bertz CT molecular complexity index is 681. The van der Waals surface area contributed by atoms with Gasteiger partial charge >= 0.3 is 0 Å². The molecule has 166 valence electrons. The average Bonchev–Trinajstić information content (AvgIpc) is 2.79. The third kappa shape index (κ3) is 4.37. The van der Waals surface area contributed by atoms with E-state index < -0.39 is 0 Å². The molecule has 0 amide bonds. The van der Waals surface area contributed by atoms with E-state index in [0.29, 0.717) is 6.04 Å². The van der Waals surface area contributed by atoms with Crippen LogP contribution in [0.4, 0.5) is 0 Å². The summed E-state index contributed by atoms with van der Waals surface area (Å²) in [4.78, 5) is 5.35. The molecule has 3 aliphatic carbocycles. The molecule has 2 saturated carbocycles. The van der Waals surface area contributed by atoms with Crippen molar-refractivity contribution >= 4 is 0 Å². The van der Waals surface area contributed by atoms with Gasteiger partial charge in [-0.1, -0.05) is 69.2 Å². The monoisotopic (exact) mass is 408 g/mol. The summed E-state index contributed by atoms with van der Waals surface area (Å²) < 4.78 is 0. The van der Waals surface area contributed by atoms with Crippen LogP contribution in [0.2, 0.25) is 0 Å². The Balaban J connectivity index is 1.15. The van der Waals surface area contributed by atoms with Gasteiger partial charge in [0.1, 0.15) is 0 Å². The second-order valence-corrected chi connectivity index (χ2v) is 11.3. The predicted molar refractivity (Wildman–Crippen MR) is 128 cm³/mol. The van der Waals surface area contributed by atoms with Gasteiger partial charge in [0.05, 0.1) is 0 Å². The molecule has 2 nitrogen and oxygen atoms in total. The molecule has 2 aliphatic heterocycles. The van der Waals surface area contributed by atoms with Crippen molar-refractivity contribution in [2.75, 3.05) is 27.2 Å². The molecule has 0 bridgehead atoms. The number of piperidine rings is 1. The van der Waals surface area contributed by atoms with Crippen molar-refractivity contribution in [1.82, 2.24) is 9.80 Å². The fourth-order valence-corrected chi connectivity index (χ4v) is 7.72. The van der Waals surface area contributed by atoms with Crippen LogP contribution in [0.1, 0.15) is 77.0 Å². The first kappa shape index (κ1) is 21.0. The summed E-state index contributed by atoms with van der Waals surface area (Å²) in [5.41, 5.74) is 3.23. The molecule has 2 heterocycles. The fourth-order valence-electron chi connectivity index (χ4n) is 7.72. The van der Waals surface area contributed by atoms with Gasteiger partial charge in [-0.3, -0.25) is 4.90 Å². The van der Waals surface area contributed by atoms with Crippen LogP contribution in [0.3, 0.4) is 0 Å². The van der Waals surface area contributed by atoms with Gasteiger partial charge in [0, 0.05) is 18.6 Å². The number of allylic oxidation sites excluding steroid dienone is 3. The Morgan fingerprint density at radius 3 is 2.47 bits per heavy atom. The Morgan fingerprint density at radius 1 is 0.867 bits per heavy atom. The summed E-state index contributed by atoms with van der Waals surface area (Å²) in [6.07, 6.45) is 26.9. The average molecular weight is 409 g/mol. The SMILES string of the molecule is CN1CC=C2CC=CC=C2C1CC1CCC(CC2C3CCCCC3CCN2C)CC1. The minimum absolute atomic E-state index is 0.656. The highest BCUT2D eigenvalue weighted by atomic mass is 15.1. The topological polar surface area (TPSA) is 6.48 Å². The van der Waals surface area contributed by atoms with Crippen LogP contribution >= 0.6 is 0 Å². The van der Waals surface area contributed by atoms with Crippen molar-refractivity contribution in [3.8, 4) is 0 Å². The van der Waals surface area contributed by atoms with Gasteiger partial charge in [-0.25, -0.2) is 0 Å². The van der Waals surface area contributed by atoms with E-state index in [4.69, 9.17) is 0 Å². The highest BCUT2D eigenvalue weighted by Crippen LogP contribution is 2.44. The number of fused-ring (bicyclic) bond motifs is 2. The van der Waals surface area contributed by atoms with Gasteiger partial charge in [0.15, 0.2) is 0 Å². The molecule has 0 N–H and O–H groups in total. The van der Waals surface area contributed by atoms with E-state index in [1.807, 2.05) is 0 Å². The van der Waals surface area contributed by atoms with Crippen LogP contribution in [0.25, 0.3) is 0 Å². The Kier molecular flexibility index (Phi) is 6.53. The molecule has 5 aliphatic rings. The van der Waals surface area contributed by atoms with Gasteiger partial charge in [-0.05, 0) is 87.6 Å². The Morgan fingerprint density at radius 2 is 1.63 bits per heavy atom. The van der Waals surface area contributed by atoms with E-state index in [-0.39, 0.29) is 0 Å². The smallest absolute Gasteiger partial charge is 0.0353 e. The van der Waals surface area contributed by atoms with E-state index in [1.54, 1.807) is 11.1 Å². The summed E-state index contributed by atoms with van der Waals surface area (Å²) in [6, 6.07) is 1.55. The van der Waals surface area contributed by atoms with Gasteiger partial charge in [0.25, 0.3) is 0 Å². The van der Waals surface area contributed by atoms with Crippen molar-refractivity contribution in [3.05, 3.63) is 35.5 Å². The normalized spacial score (nSPS) is 40.3. The second-order valence-electron chi connectivity index (χ2n) is 11.3. The minimum atomic E-state index is 0.656. The molecular formula is C28H44N2. The van der Waals surface area contributed by atoms with Gasteiger partial charge < -0.3 is 4.90 Å². The molecule has 0 aromatic heterocycles. The molecular weight excluding hydrogens is 364 g/mol. The van der Waals surface area contributed by atoms with E-state index in [9.17, 15) is 0 Å². The van der Waals surface area contributed by atoms with Crippen LogP contribution in [-0.4, -0.2) is 49.1 Å². The molecule has 4 unspecified atom stereocenters. The van der Waals surface area contributed by atoms with Crippen LogP contribution < -0.4 is 0 Å². The fraction of sp³-hybridized carbons (Fsp3) is 0.786. The molecule has 4 atom stereocenters. The summed E-state index contributed by atoms with van der Waals surface area (Å²) >= 11 is 0. The number of nitrogens with zero attached hydrogens (tertiary/aromatic N) is 2. The first-order valence-corrected chi connectivity index (χ1v) is 13.2. The number of likely N-dealkylation sites (tertiary alicyclic amines) is 1. The lowest BCUT2D eigenvalue weighted by Gasteiger charge is -2.48. The molecule has 3 fully saturated rings. The number of hydrogen-bond acceptors (Lipinski definition) is 2. The summed E-state index contributed by atoms with van der Waals surface area (Å²) in [7, 11) is 4.76. The minimum Gasteiger partial charge on any atom is -0.303 e. The third-order valence-corrected chi connectivity index (χ3v) is 9.62. The van der Waals surface area contributed by atoms with Crippen molar-refractivity contribution < 1.29 is 0 Å². The molecule has 1 saturated heterocycles. The van der Waals surface area contributed by atoms with Crippen LogP contribution in [0, 0.1) is 23.7 Å². The zero-order valence-corrected chi connectivity index (χ0v) is 19.6. The highest BCUT2D eigenvalue weighted by molar-refractivity contribution is 5.44. The van der Waals surface area contributed by atoms with Crippen LogP contribution in [0.5, 0.6) is 0 Å². The van der Waals surface area contributed by atoms with Gasteiger partial charge in [0.2, 0.25) is 0 Å². The van der Waals surface area contributed by atoms with Gasteiger partial charge in [-0.2, -0.15) is 0 Å². The lowest BCUT2D eigenvalue weighted by Crippen LogP contribution is -2.49. The van der Waals surface area contributed by atoms with Crippen molar-refractivity contribution in [2.24, 2.45) is 23.7 Å².